The third kappa shape index (κ3) is 8.46. The minimum atomic E-state index is -0.899. The van der Waals surface area contributed by atoms with E-state index in [2.05, 4.69) is 32.6 Å². The topological polar surface area (TPSA) is 83.2 Å². The van der Waals surface area contributed by atoms with Crippen molar-refractivity contribution in [3.05, 3.63) is 53.6 Å². The quantitative estimate of drug-likeness (QED) is 0.358. The van der Waals surface area contributed by atoms with Crippen LogP contribution in [0, 0.1) is 0 Å². The molecule has 0 aromatic heterocycles. The van der Waals surface area contributed by atoms with Gasteiger partial charge in [0, 0.05) is 37.2 Å². The van der Waals surface area contributed by atoms with E-state index in [1.165, 1.54) is 0 Å². The fourth-order valence-corrected chi connectivity index (χ4v) is 4.25. The highest BCUT2D eigenvalue weighted by Gasteiger charge is 2.30. The van der Waals surface area contributed by atoms with Crippen LogP contribution in [-0.4, -0.2) is 59.5 Å². The molecular weight excluding hydrogens is 500 g/mol. The van der Waals surface area contributed by atoms with Gasteiger partial charge in [-0.05, 0) is 89.3 Å². The fourth-order valence-electron chi connectivity index (χ4n) is 3.84. The lowest BCUT2D eigenvalue weighted by molar-refractivity contribution is 0.0126. The molecule has 7 nitrogen and oxygen atoms in total. The molecule has 2 N–H and O–H groups in total. The Labute approximate surface area is 230 Å². The van der Waals surface area contributed by atoms with E-state index in [9.17, 15) is 4.79 Å². The standard InChI is InChI=1S/C30H46N2O5S/c1-29(2,3)37-28(33)32-18-16-25(17-19-32)36-24-14-12-23(13-15-24)34-21-26-22(10-9-11-27(26)31)20-35-30(4,5)38(6,7)8/h9-15,25H,16-21,31H2,1-8H3. The van der Waals surface area contributed by atoms with Crippen LogP contribution in [0.25, 0.3) is 0 Å². The maximum Gasteiger partial charge on any atom is 0.410 e. The number of amides is 1. The number of likely N-dealkylation sites (tertiary alicyclic amines) is 1. The number of nitrogens with zero attached hydrogens (tertiary/aromatic N) is 1. The fraction of sp³-hybridized carbons (Fsp3) is 0.567. The van der Waals surface area contributed by atoms with Crippen molar-refractivity contribution in [2.24, 2.45) is 0 Å². The Balaban J connectivity index is 1.52. The number of rotatable bonds is 9. The van der Waals surface area contributed by atoms with Crippen molar-refractivity contribution in [2.75, 3.05) is 37.6 Å². The molecule has 0 unspecified atom stereocenters. The van der Waals surface area contributed by atoms with Gasteiger partial charge >= 0.3 is 6.09 Å². The lowest BCUT2D eigenvalue weighted by Gasteiger charge is -2.43. The van der Waals surface area contributed by atoms with E-state index < -0.39 is 15.6 Å². The summed E-state index contributed by atoms with van der Waals surface area (Å²) < 4.78 is 24.1. The molecular formula is C30H46N2O5S. The lowest BCUT2D eigenvalue weighted by Crippen LogP contribution is -2.44. The molecule has 1 fully saturated rings. The number of nitrogen functional groups attached to an aromatic ring is 1. The third-order valence-electron chi connectivity index (χ3n) is 6.96. The molecule has 2 aromatic carbocycles. The first-order chi connectivity index (χ1) is 17.6. The van der Waals surface area contributed by atoms with Gasteiger partial charge < -0.3 is 29.6 Å². The van der Waals surface area contributed by atoms with Gasteiger partial charge in [0.15, 0.2) is 0 Å². The normalized spacial score (nSPS) is 15.7. The van der Waals surface area contributed by atoms with Crippen molar-refractivity contribution in [1.29, 1.82) is 0 Å². The highest BCUT2D eigenvalue weighted by Crippen LogP contribution is 2.50. The Hall–Kier alpha value is -2.58. The summed E-state index contributed by atoms with van der Waals surface area (Å²) in [6, 6.07) is 13.6. The van der Waals surface area contributed by atoms with Crippen LogP contribution in [0.3, 0.4) is 0 Å². The van der Waals surface area contributed by atoms with Crippen LogP contribution in [0.5, 0.6) is 11.5 Å². The number of hydrogen-bond donors (Lipinski definition) is 1. The number of anilines is 1. The molecule has 2 aromatic rings. The van der Waals surface area contributed by atoms with Gasteiger partial charge in [0.2, 0.25) is 0 Å². The number of carbonyl (C=O) groups is 1. The van der Waals surface area contributed by atoms with E-state index >= 15 is 0 Å². The van der Waals surface area contributed by atoms with E-state index in [4.69, 9.17) is 24.7 Å². The molecule has 0 spiro atoms. The van der Waals surface area contributed by atoms with E-state index in [0.29, 0.717) is 32.0 Å². The second-order valence-corrected chi connectivity index (χ2v) is 16.7. The monoisotopic (exact) mass is 546 g/mol. The summed E-state index contributed by atoms with van der Waals surface area (Å²) in [6.07, 6.45) is 8.12. The minimum absolute atomic E-state index is 0.0614. The molecule has 1 saturated heterocycles. The Morgan fingerprint density at radius 1 is 0.947 bits per heavy atom. The van der Waals surface area contributed by atoms with Gasteiger partial charge in [-0.2, -0.15) is 0 Å². The Morgan fingerprint density at radius 2 is 1.55 bits per heavy atom. The SMILES string of the molecule is CC(C)(C)OC(=O)N1CCC(Oc2ccc(OCc3c(N)cccc3COC(C)(C)S(C)(C)C)cc2)CC1. The zero-order valence-electron chi connectivity index (χ0n) is 24.3. The Kier molecular flexibility index (Phi) is 9.52. The predicted octanol–water partition coefficient (Wildman–Crippen LogP) is 6.57. The van der Waals surface area contributed by atoms with Gasteiger partial charge in [0.05, 0.1) is 11.5 Å². The molecule has 0 radical (unpaired) electrons. The van der Waals surface area contributed by atoms with Crippen LogP contribution in [0.1, 0.15) is 58.6 Å². The molecule has 212 valence electrons. The van der Waals surface area contributed by atoms with Crippen LogP contribution in [0.2, 0.25) is 0 Å². The van der Waals surface area contributed by atoms with Crippen LogP contribution in [0.4, 0.5) is 10.5 Å². The zero-order chi connectivity index (χ0) is 28.1. The number of piperidine rings is 1. The highest BCUT2D eigenvalue weighted by molar-refractivity contribution is 8.33. The smallest absolute Gasteiger partial charge is 0.410 e. The number of benzene rings is 2. The van der Waals surface area contributed by atoms with Crippen LogP contribution >= 0.6 is 10.0 Å². The van der Waals surface area contributed by atoms with Gasteiger partial charge in [-0.15, -0.1) is 0 Å². The lowest BCUT2D eigenvalue weighted by atomic mass is 10.1. The summed E-state index contributed by atoms with van der Waals surface area (Å²) in [4.78, 5) is 13.8. The van der Waals surface area contributed by atoms with E-state index in [0.717, 1.165) is 35.5 Å². The summed E-state index contributed by atoms with van der Waals surface area (Å²) in [7, 11) is -0.899. The van der Waals surface area contributed by atoms with Crippen molar-refractivity contribution in [1.82, 2.24) is 4.90 Å². The van der Waals surface area contributed by atoms with Crippen LogP contribution in [0.15, 0.2) is 42.5 Å². The molecule has 8 heteroatoms. The molecule has 1 aliphatic heterocycles. The molecule has 0 aliphatic carbocycles. The largest absolute Gasteiger partial charge is 0.490 e. The summed E-state index contributed by atoms with van der Waals surface area (Å²) in [5, 5.41) is 0. The Morgan fingerprint density at radius 3 is 2.13 bits per heavy atom. The molecule has 0 saturated carbocycles. The molecule has 0 atom stereocenters. The summed E-state index contributed by atoms with van der Waals surface area (Å²) in [5.74, 6) is 1.53. The van der Waals surface area contributed by atoms with Crippen molar-refractivity contribution in [2.45, 2.75) is 77.3 Å². The number of hydrogen-bond acceptors (Lipinski definition) is 6. The van der Waals surface area contributed by atoms with Crippen LogP contribution in [-0.2, 0) is 22.7 Å². The first-order valence-corrected chi connectivity index (χ1v) is 16.1. The van der Waals surface area contributed by atoms with Gasteiger partial charge in [-0.1, -0.05) is 12.1 Å². The molecule has 1 amide bonds. The maximum atomic E-state index is 12.3. The predicted molar refractivity (Wildman–Crippen MR) is 157 cm³/mol. The van der Waals surface area contributed by atoms with Gasteiger partial charge in [-0.25, -0.2) is 14.8 Å². The molecule has 38 heavy (non-hydrogen) atoms. The third-order valence-corrected chi connectivity index (χ3v) is 10.0. The van der Waals surface area contributed by atoms with Crippen molar-refractivity contribution in [3.8, 4) is 11.5 Å². The maximum absolute atomic E-state index is 12.3. The second kappa shape index (κ2) is 12.1. The van der Waals surface area contributed by atoms with Crippen molar-refractivity contribution < 1.29 is 23.7 Å². The van der Waals surface area contributed by atoms with Gasteiger partial charge in [0.25, 0.3) is 0 Å². The summed E-state index contributed by atoms with van der Waals surface area (Å²) in [6.45, 7) is 12.0. The van der Waals surface area contributed by atoms with E-state index in [1.807, 2.05) is 63.2 Å². The molecule has 1 aliphatic rings. The van der Waals surface area contributed by atoms with Crippen molar-refractivity contribution in [3.63, 3.8) is 0 Å². The second-order valence-electron chi connectivity index (χ2n) is 12.1. The summed E-state index contributed by atoms with van der Waals surface area (Å²) >= 11 is 0. The molecule has 0 bridgehead atoms. The molecule has 1 heterocycles. The van der Waals surface area contributed by atoms with Gasteiger partial charge in [-0.3, -0.25) is 0 Å². The number of carbonyl (C=O) groups excluding carboxylic acids is 1. The van der Waals surface area contributed by atoms with E-state index in [1.54, 1.807) is 4.90 Å². The first kappa shape index (κ1) is 30.0. The van der Waals surface area contributed by atoms with E-state index in [-0.39, 0.29) is 17.1 Å². The minimum Gasteiger partial charge on any atom is -0.490 e. The number of nitrogens with two attached hydrogens (primary N) is 1. The first-order valence-electron chi connectivity index (χ1n) is 13.2. The summed E-state index contributed by atoms with van der Waals surface area (Å²) in [5.41, 5.74) is 8.52. The highest BCUT2D eigenvalue weighted by atomic mass is 32.3. The van der Waals surface area contributed by atoms with Gasteiger partial charge in [0.1, 0.15) is 29.8 Å². The zero-order valence-corrected chi connectivity index (χ0v) is 25.2. The van der Waals surface area contributed by atoms with Crippen molar-refractivity contribution >= 4 is 21.8 Å². The number of ether oxygens (including phenoxy) is 4. The average Bonchev–Trinajstić information content (AvgIpc) is 2.82. The van der Waals surface area contributed by atoms with Crippen LogP contribution < -0.4 is 15.2 Å². The average molecular weight is 547 g/mol. The Bertz CT molecular complexity index is 1070. The molecule has 3 rings (SSSR count).